The number of rotatable bonds is 16. The fraction of sp³-hybridized carbons (Fsp3) is 0.343. The van der Waals surface area contributed by atoms with Crippen molar-refractivity contribution in [2.24, 2.45) is 0 Å². The lowest BCUT2D eigenvalue weighted by Crippen LogP contribution is -2.26. The maximum absolute atomic E-state index is 2.77. The molecule has 0 N–H and O–H groups in total. The van der Waals surface area contributed by atoms with E-state index in [-0.39, 0.29) is 16.2 Å². The van der Waals surface area contributed by atoms with Gasteiger partial charge in [0.1, 0.15) is 0 Å². The van der Waals surface area contributed by atoms with Gasteiger partial charge in [-0.3, -0.25) is 0 Å². The van der Waals surface area contributed by atoms with Gasteiger partial charge in [-0.25, -0.2) is 0 Å². The van der Waals surface area contributed by atoms with E-state index in [1.165, 1.54) is 189 Å². The molecule has 0 aromatic heterocycles. The highest BCUT2D eigenvalue weighted by atomic mass is 14.5. The summed E-state index contributed by atoms with van der Waals surface area (Å²) in [6.45, 7) is 14.7. The third kappa shape index (κ3) is 7.06. The molecule has 0 heteroatoms. The van der Waals surface area contributed by atoms with Crippen molar-refractivity contribution in [2.75, 3.05) is 0 Å². The molecule has 0 saturated carbocycles. The summed E-state index contributed by atoms with van der Waals surface area (Å²) in [4.78, 5) is 0. The number of hydrogen-bond acceptors (Lipinski definition) is 0. The molecule has 8 aromatic carbocycles. The summed E-state index contributed by atoms with van der Waals surface area (Å²) in [5.41, 5.74) is 22.9. The maximum atomic E-state index is 2.77. The molecule has 0 radical (unpaired) electrons. The summed E-state index contributed by atoms with van der Waals surface area (Å²) in [5, 5.41) is 5.48. The van der Waals surface area contributed by atoms with Crippen molar-refractivity contribution in [3.05, 3.63) is 179 Å². The summed E-state index contributed by atoms with van der Waals surface area (Å²) in [5.74, 6) is 0. The molecule has 0 spiro atoms. The molecule has 67 heavy (non-hydrogen) atoms. The zero-order valence-electron chi connectivity index (χ0n) is 41.3. The zero-order valence-corrected chi connectivity index (χ0v) is 41.3. The van der Waals surface area contributed by atoms with E-state index in [2.05, 4.69) is 187 Å². The average Bonchev–Trinajstić information content (AvgIpc) is 3.85. The van der Waals surface area contributed by atoms with Crippen LogP contribution in [-0.2, 0) is 16.2 Å². The van der Waals surface area contributed by atoms with Crippen LogP contribution in [-0.4, -0.2) is 0 Å². The number of fused-ring (bicyclic) bond motifs is 13. The van der Waals surface area contributed by atoms with Crippen LogP contribution in [0, 0.1) is 0 Å². The second kappa shape index (κ2) is 17.4. The lowest BCUT2D eigenvalue weighted by Gasteiger charge is -2.34. The largest absolute Gasteiger partial charge is 0.0654 e. The van der Waals surface area contributed by atoms with E-state index in [0.717, 1.165) is 0 Å². The molecule has 0 aliphatic heterocycles. The molecule has 3 aliphatic rings. The SMILES string of the molecule is CCCCCCCCC1(CCCCCCCC)c2cc3c(cc2-c2cc4c(cc21)-c1c(cc(-c2ccccc2)c2ccccc12)C4(C)C)C(C)(C)c1cc(-c2ccccc2)c2ccccc2c1-3. The Morgan fingerprint density at radius 3 is 1.03 bits per heavy atom. The topological polar surface area (TPSA) is 0 Å². The first-order chi connectivity index (χ1) is 32.7. The van der Waals surface area contributed by atoms with Gasteiger partial charge in [0.15, 0.2) is 0 Å². The summed E-state index contributed by atoms with van der Waals surface area (Å²) < 4.78 is 0. The Labute approximate surface area is 401 Å². The molecule has 0 atom stereocenters. The van der Waals surface area contributed by atoms with Gasteiger partial charge >= 0.3 is 0 Å². The third-order valence-electron chi connectivity index (χ3n) is 17.0. The third-order valence-corrected chi connectivity index (χ3v) is 17.0. The Morgan fingerprint density at radius 1 is 0.299 bits per heavy atom. The lowest BCUT2D eigenvalue weighted by molar-refractivity contribution is 0.398. The van der Waals surface area contributed by atoms with Crippen molar-refractivity contribution >= 4 is 21.5 Å². The van der Waals surface area contributed by atoms with Crippen molar-refractivity contribution in [3.63, 3.8) is 0 Å². The van der Waals surface area contributed by atoms with Crippen LogP contribution in [0.3, 0.4) is 0 Å². The van der Waals surface area contributed by atoms with Crippen LogP contribution in [0.5, 0.6) is 0 Å². The summed E-state index contributed by atoms with van der Waals surface area (Å²) in [6, 6.07) is 56.8. The van der Waals surface area contributed by atoms with Gasteiger partial charge in [-0.05, 0) is 160 Å². The molecule has 0 unspecified atom stereocenters. The Hall–Kier alpha value is -5.72. The summed E-state index contributed by atoms with van der Waals surface area (Å²) >= 11 is 0. The van der Waals surface area contributed by atoms with Crippen LogP contribution in [0.4, 0.5) is 0 Å². The van der Waals surface area contributed by atoms with E-state index in [0.29, 0.717) is 0 Å². The first-order valence-electron chi connectivity index (χ1n) is 26.3. The fourth-order valence-corrected chi connectivity index (χ4v) is 13.4. The Balaban J connectivity index is 1.14. The van der Waals surface area contributed by atoms with Crippen molar-refractivity contribution in [2.45, 2.75) is 148 Å². The van der Waals surface area contributed by atoms with E-state index in [9.17, 15) is 0 Å². The van der Waals surface area contributed by atoms with E-state index >= 15 is 0 Å². The molecule has 0 bridgehead atoms. The molecule has 0 nitrogen and oxygen atoms in total. The minimum absolute atomic E-state index is 0.0520. The van der Waals surface area contributed by atoms with Gasteiger partial charge in [0, 0.05) is 16.2 Å². The maximum Gasteiger partial charge on any atom is 0.0215 e. The molecule has 0 amide bonds. The Kier molecular flexibility index (Phi) is 11.4. The standard InChI is InChI=1S/C67H70/c1-7-9-11-13-15-27-37-67(38-28-16-14-12-10-8-2)59-43-55-57(65(3,4)61-39-51(45-29-19-17-20-30-45)47-33-23-25-35-49(47)63(55)61)41-53(59)54-42-58-56(44-60(54)67)64-50-36-26-24-34-48(50)52(40-62(64)66(58,5)6)46-31-21-18-22-32-46/h17-26,29-36,39-44H,7-16,27-28,37-38H2,1-6H3. The first-order valence-corrected chi connectivity index (χ1v) is 26.3. The molecule has 0 saturated heterocycles. The van der Waals surface area contributed by atoms with Crippen LogP contribution in [0.25, 0.3) is 77.2 Å². The van der Waals surface area contributed by atoms with Gasteiger partial charge in [0.25, 0.3) is 0 Å². The minimum atomic E-state index is -0.157. The van der Waals surface area contributed by atoms with Gasteiger partial charge in [-0.1, -0.05) is 228 Å². The van der Waals surface area contributed by atoms with Gasteiger partial charge in [-0.15, -0.1) is 0 Å². The van der Waals surface area contributed by atoms with E-state index in [4.69, 9.17) is 0 Å². The van der Waals surface area contributed by atoms with Crippen molar-refractivity contribution in [1.82, 2.24) is 0 Å². The number of benzene rings is 8. The quantitative estimate of drug-likeness (QED) is 0.0849. The van der Waals surface area contributed by atoms with Crippen LogP contribution >= 0.6 is 0 Å². The first kappa shape index (κ1) is 43.8. The van der Waals surface area contributed by atoms with Crippen molar-refractivity contribution in [3.8, 4) is 55.6 Å². The molecular formula is C67H70. The minimum Gasteiger partial charge on any atom is -0.0654 e. The van der Waals surface area contributed by atoms with Gasteiger partial charge in [0.05, 0.1) is 0 Å². The molecule has 11 rings (SSSR count). The van der Waals surface area contributed by atoms with E-state index in [1.54, 1.807) is 11.1 Å². The van der Waals surface area contributed by atoms with Crippen LogP contribution < -0.4 is 0 Å². The molecule has 338 valence electrons. The van der Waals surface area contributed by atoms with Crippen LogP contribution in [0.2, 0.25) is 0 Å². The van der Waals surface area contributed by atoms with Crippen LogP contribution in [0.15, 0.2) is 146 Å². The Morgan fingerprint density at radius 2 is 0.627 bits per heavy atom. The van der Waals surface area contributed by atoms with E-state index < -0.39 is 0 Å². The highest BCUT2D eigenvalue weighted by Crippen LogP contribution is 2.63. The highest BCUT2D eigenvalue weighted by Gasteiger charge is 2.48. The Bertz CT molecular complexity index is 2920. The summed E-state index contributed by atoms with van der Waals surface area (Å²) in [7, 11) is 0. The monoisotopic (exact) mass is 875 g/mol. The predicted octanol–water partition coefficient (Wildman–Crippen LogP) is 19.7. The fourth-order valence-electron chi connectivity index (χ4n) is 13.4. The van der Waals surface area contributed by atoms with E-state index in [1.807, 2.05) is 0 Å². The molecule has 0 fully saturated rings. The molecule has 0 heterocycles. The second-order valence-corrected chi connectivity index (χ2v) is 21.8. The normalized spacial score (nSPS) is 15.3. The highest BCUT2D eigenvalue weighted by molar-refractivity contribution is 6.11. The zero-order chi connectivity index (χ0) is 45.9. The average molecular weight is 875 g/mol. The van der Waals surface area contributed by atoms with Crippen molar-refractivity contribution < 1.29 is 0 Å². The molecular weight excluding hydrogens is 805 g/mol. The molecule has 3 aliphatic carbocycles. The molecule has 8 aromatic rings. The summed E-state index contributed by atoms with van der Waals surface area (Å²) in [6.07, 6.45) is 18.2. The predicted molar refractivity (Wildman–Crippen MR) is 290 cm³/mol. The second-order valence-electron chi connectivity index (χ2n) is 21.8. The van der Waals surface area contributed by atoms with Gasteiger partial charge in [-0.2, -0.15) is 0 Å². The number of hydrogen-bond donors (Lipinski definition) is 0. The van der Waals surface area contributed by atoms with Crippen LogP contribution in [0.1, 0.15) is 165 Å². The lowest BCUT2D eigenvalue weighted by atomic mass is 9.69. The smallest absolute Gasteiger partial charge is 0.0215 e. The van der Waals surface area contributed by atoms with Gasteiger partial charge in [0.2, 0.25) is 0 Å². The van der Waals surface area contributed by atoms with Crippen molar-refractivity contribution in [1.29, 1.82) is 0 Å². The van der Waals surface area contributed by atoms with Gasteiger partial charge < -0.3 is 0 Å². The number of unbranched alkanes of at least 4 members (excludes halogenated alkanes) is 10.